The molecule has 1 heterocycles. The number of anilines is 1. The lowest BCUT2D eigenvalue weighted by Gasteiger charge is -2.09. The first kappa shape index (κ1) is 19.4. The fourth-order valence-corrected chi connectivity index (χ4v) is 3.65. The van der Waals surface area contributed by atoms with E-state index in [4.69, 9.17) is 4.52 Å². The highest BCUT2D eigenvalue weighted by Crippen LogP contribution is 2.32. The van der Waals surface area contributed by atoms with Crippen molar-refractivity contribution in [2.24, 2.45) is 0 Å². The number of nitrogens with one attached hydrogen (secondary N) is 1. The molecule has 3 rings (SSSR count). The van der Waals surface area contributed by atoms with Gasteiger partial charge in [0.15, 0.2) is 0 Å². The largest absolute Gasteiger partial charge is 0.416 e. The van der Waals surface area contributed by atoms with Gasteiger partial charge in [0.2, 0.25) is 0 Å². The molecule has 0 bridgehead atoms. The van der Waals surface area contributed by atoms with Gasteiger partial charge in [-0.05, 0) is 58.2 Å². The molecule has 0 radical (unpaired) electrons. The summed E-state index contributed by atoms with van der Waals surface area (Å²) in [6, 6.07) is 10.4. The summed E-state index contributed by atoms with van der Waals surface area (Å²) in [5.41, 5.74) is 0.862. The fraction of sp³-hybridized carbons (Fsp3) is 0.118. The SMILES string of the molecule is Cc1noc(NS(=O)(=O)c2ccc(-c3ccc(C(F)(F)F)cc3)cc2)c1Br. The van der Waals surface area contributed by atoms with Crippen LogP contribution in [-0.4, -0.2) is 13.6 Å². The number of halogens is 4. The Labute approximate surface area is 161 Å². The third-order valence-corrected chi connectivity index (χ3v) is 6.01. The molecule has 0 fully saturated rings. The fourth-order valence-electron chi connectivity index (χ4n) is 2.28. The van der Waals surface area contributed by atoms with Crippen LogP contribution >= 0.6 is 15.9 Å². The van der Waals surface area contributed by atoms with Crippen molar-refractivity contribution in [1.82, 2.24) is 5.16 Å². The Bertz CT molecular complexity index is 1060. The van der Waals surface area contributed by atoms with Gasteiger partial charge in [0.1, 0.15) is 4.47 Å². The Balaban J connectivity index is 1.83. The van der Waals surface area contributed by atoms with E-state index in [-0.39, 0.29) is 10.8 Å². The van der Waals surface area contributed by atoms with Crippen LogP contribution in [0.4, 0.5) is 19.1 Å². The van der Waals surface area contributed by atoms with Crippen molar-refractivity contribution >= 4 is 31.8 Å². The van der Waals surface area contributed by atoms with Crippen molar-refractivity contribution in [1.29, 1.82) is 0 Å². The Morgan fingerprint density at radius 2 is 1.52 bits per heavy atom. The predicted octanol–water partition coefficient (Wildman–Crippen LogP) is 5.23. The minimum atomic E-state index is -4.41. The Hall–Kier alpha value is -2.33. The van der Waals surface area contributed by atoms with E-state index in [0.29, 0.717) is 21.3 Å². The van der Waals surface area contributed by atoms with E-state index in [9.17, 15) is 21.6 Å². The normalized spacial score (nSPS) is 12.2. The van der Waals surface area contributed by atoms with E-state index in [1.807, 2.05) is 0 Å². The van der Waals surface area contributed by atoms with Gasteiger partial charge >= 0.3 is 6.18 Å². The maximum atomic E-state index is 12.6. The summed E-state index contributed by atoms with van der Waals surface area (Å²) >= 11 is 3.17. The van der Waals surface area contributed by atoms with Gasteiger partial charge in [-0.1, -0.05) is 29.4 Å². The van der Waals surface area contributed by atoms with Crippen LogP contribution in [0.25, 0.3) is 11.1 Å². The maximum Gasteiger partial charge on any atom is 0.416 e. The number of nitrogens with zero attached hydrogens (tertiary/aromatic N) is 1. The number of hydrogen-bond acceptors (Lipinski definition) is 4. The van der Waals surface area contributed by atoms with Crippen molar-refractivity contribution in [3.05, 3.63) is 64.3 Å². The third-order valence-electron chi connectivity index (χ3n) is 3.73. The Morgan fingerprint density at radius 3 is 1.96 bits per heavy atom. The van der Waals surface area contributed by atoms with Crippen molar-refractivity contribution in [2.75, 3.05) is 4.72 Å². The molecule has 1 N–H and O–H groups in total. The second-order valence-corrected chi connectivity index (χ2v) is 8.09. The van der Waals surface area contributed by atoms with Crippen LogP contribution in [0.5, 0.6) is 0 Å². The highest BCUT2D eigenvalue weighted by atomic mass is 79.9. The standard InChI is InChI=1S/C17H12BrF3N2O3S/c1-10-15(18)16(26-22-10)23-27(24,25)14-8-4-12(5-9-14)11-2-6-13(7-3-11)17(19,20)21/h2-9,23H,1H3. The molecule has 0 unspecified atom stereocenters. The summed E-state index contributed by atoms with van der Waals surface area (Å²) in [6.45, 7) is 1.64. The molecular weight excluding hydrogens is 449 g/mol. The molecule has 3 aromatic rings. The van der Waals surface area contributed by atoms with Crippen LogP contribution in [0.2, 0.25) is 0 Å². The highest BCUT2D eigenvalue weighted by molar-refractivity contribution is 9.10. The topological polar surface area (TPSA) is 72.2 Å². The lowest BCUT2D eigenvalue weighted by Crippen LogP contribution is -2.12. The van der Waals surface area contributed by atoms with Gasteiger partial charge in [-0.15, -0.1) is 0 Å². The van der Waals surface area contributed by atoms with Gasteiger partial charge in [-0.25, -0.2) is 13.1 Å². The summed E-state index contributed by atoms with van der Waals surface area (Å²) in [5, 5.41) is 3.64. The molecule has 5 nitrogen and oxygen atoms in total. The number of alkyl halides is 3. The van der Waals surface area contributed by atoms with Gasteiger partial charge < -0.3 is 4.52 Å². The lowest BCUT2D eigenvalue weighted by atomic mass is 10.0. The van der Waals surface area contributed by atoms with Crippen molar-refractivity contribution in [3.63, 3.8) is 0 Å². The summed E-state index contributed by atoms with van der Waals surface area (Å²) < 4.78 is 70.3. The molecule has 142 valence electrons. The van der Waals surface area contributed by atoms with E-state index in [2.05, 4.69) is 25.8 Å². The molecule has 0 aliphatic heterocycles. The molecule has 0 amide bonds. The minimum Gasteiger partial charge on any atom is -0.336 e. The van der Waals surface area contributed by atoms with E-state index in [0.717, 1.165) is 12.1 Å². The van der Waals surface area contributed by atoms with Crippen LogP contribution in [0, 0.1) is 6.92 Å². The summed E-state index contributed by atoms with van der Waals surface area (Å²) in [6.07, 6.45) is -4.41. The van der Waals surface area contributed by atoms with Gasteiger partial charge in [-0.3, -0.25) is 0 Å². The molecule has 0 atom stereocenters. The first-order valence-corrected chi connectivity index (χ1v) is 9.78. The Kier molecular flexibility index (Phi) is 5.04. The van der Waals surface area contributed by atoms with E-state index in [1.165, 1.54) is 36.4 Å². The molecule has 0 saturated carbocycles. The molecule has 10 heteroatoms. The number of aromatic nitrogens is 1. The average Bonchev–Trinajstić information content (AvgIpc) is 2.93. The lowest BCUT2D eigenvalue weighted by molar-refractivity contribution is -0.137. The molecule has 0 spiro atoms. The first-order chi connectivity index (χ1) is 12.6. The third kappa shape index (κ3) is 4.16. The molecule has 2 aromatic carbocycles. The van der Waals surface area contributed by atoms with Crippen LogP contribution in [0.15, 0.2) is 62.4 Å². The molecule has 27 heavy (non-hydrogen) atoms. The van der Waals surface area contributed by atoms with Gasteiger partial charge in [-0.2, -0.15) is 13.2 Å². The van der Waals surface area contributed by atoms with Crippen molar-refractivity contribution in [3.8, 4) is 11.1 Å². The zero-order chi connectivity index (χ0) is 19.8. The molecule has 0 saturated heterocycles. The monoisotopic (exact) mass is 460 g/mol. The minimum absolute atomic E-state index is 0.0286. The van der Waals surface area contributed by atoms with Gasteiger partial charge in [0.25, 0.3) is 15.9 Å². The van der Waals surface area contributed by atoms with Crippen molar-refractivity contribution < 1.29 is 26.1 Å². The van der Waals surface area contributed by atoms with Gasteiger partial charge in [0.05, 0.1) is 16.2 Å². The van der Waals surface area contributed by atoms with E-state index < -0.39 is 21.8 Å². The van der Waals surface area contributed by atoms with E-state index in [1.54, 1.807) is 6.92 Å². The second kappa shape index (κ2) is 7.01. The number of benzene rings is 2. The average molecular weight is 461 g/mol. The van der Waals surface area contributed by atoms with Crippen LogP contribution in [0.1, 0.15) is 11.3 Å². The smallest absolute Gasteiger partial charge is 0.336 e. The Morgan fingerprint density at radius 1 is 1.00 bits per heavy atom. The zero-order valence-corrected chi connectivity index (χ0v) is 16.1. The molecule has 0 aliphatic rings. The number of rotatable bonds is 4. The first-order valence-electron chi connectivity index (χ1n) is 7.50. The predicted molar refractivity (Wildman–Crippen MR) is 96.6 cm³/mol. The summed E-state index contributed by atoms with van der Waals surface area (Å²) in [7, 11) is -3.91. The second-order valence-electron chi connectivity index (χ2n) is 5.62. The summed E-state index contributed by atoms with van der Waals surface area (Å²) in [4.78, 5) is -0.0286. The van der Waals surface area contributed by atoms with Gasteiger partial charge in [0, 0.05) is 0 Å². The quantitative estimate of drug-likeness (QED) is 0.578. The van der Waals surface area contributed by atoms with Crippen LogP contribution in [-0.2, 0) is 16.2 Å². The molecule has 0 aliphatic carbocycles. The van der Waals surface area contributed by atoms with Crippen LogP contribution in [0.3, 0.4) is 0 Å². The van der Waals surface area contributed by atoms with Crippen molar-refractivity contribution in [2.45, 2.75) is 18.0 Å². The zero-order valence-electron chi connectivity index (χ0n) is 13.7. The number of aryl methyl sites for hydroxylation is 1. The highest BCUT2D eigenvalue weighted by Gasteiger charge is 2.30. The number of sulfonamides is 1. The number of hydrogen-bond donors (Lipinski definition) is 1. The van der Waals surface area contributed by atoms with Crippen LogP contribution < -0.4 is 4.72 Å². The molecule has 1 aromatic heterocycles. The summed E-state index contributed by atoms with van der Waals surface area (Å²) in [5.74, 6) is -0.0423. The maximum absolute atomic E-state index is 12.6. The van der Waals surface area contributed by atoms with E-state index >= 15 is 0 Å². The molecular formula is C17H12BrF3N2O3S.